The maximum Gasteiger partial charge on any atom is 0.0366 e. The van der Waals surface area contributed by atoms with Gasteiger partial charge in [0.15, 0.2) is 0 Å². The van der Waals surface area contributed by atoms with Crippen LogP contribution in [0.4, 0.5) is 5.69 Å². The number of hydrogen-bond acceptors (Lipinski definition) is 2. The number of anilines is 1. The topological polar surface area (TPSA) is 15.3 Å². The minimum Gasteiger partial charge on any atom is -0.372 e. The Labute approximate surface area is 98.7 Å². The van der Waals surface area contributed by atoms with Gasteiger partial charge in [-0.05, 0) is 44.0 Å². The molecule has 1 aromatic rings. The molecule has 2 nitrogen and oxygen atoms in total. The van der Waals surface area contributed by atoms with Crippen LogP contribution in [0.1, 0.15) is 38.3 Å². The lowest BCUT2D eigenvalue weighted by molar-refractivity contribution is 0.598. The summed E-state index contributed by atoms with van der Waals surface area (Å²) in [5, 5.41) is 3.44. The van der Waals surface area contributed by atoms with Crippen molar-refractivity contribution in [2.24, 2.45) is 0 Å². The Morgan fingerprint density at radius 2 is 1.81 bits per heavy atom. The van der Waals surface area contributed by atoms with Crippen molar-refractivity contribution in [3.63, 3.8) is 0 Å². The summed E-state index contributed by atoms with van der Waals surface area (Å²) in [4.78, 5) is 2.47. The first-order valence-electron chi connectivity index (χ1n) is 6.39. The molecular formula is C14H22N2. The molecule has 1 atom stereocenters. The molecule has 0 saturated carbocycles. The van der Waals surface area contributed by atoms with Crippen molar-refractivity contribution in [1.82, 2.24) is 5.32 Å². The van der Waals surface area contributed by atoms with Crippen LogP contribution in [0.15, 0.2) is 24.3 Å². The monoisotopic (exact) mass is 218 g/mol. The van der Waals surface area contributed by atoms with Crippen molar-refractivity contribution in [3.8, 4) is 0 Å². The molecule has 1 aromatic carbocycles. The summed E-state index contributed by atoms with van der Waals surface area (Å²) in [6.45, 7) is 7.84. The summed E-state index contributed by atoms with van der Waals surface area (Å²) >= 11 is 0. The van der Waals surface area contributed by atoms with E-state index in [1.165, 1.54) is 37.2 Å². The average molecular weight is 218 g/mol. The maximum absolute atomic E-state index is 3.44. The fraction of sp³-hybridized carbons (Fsp3) is 0.571. The van der Waals surface area contributed by atoms with Gasteiger partial charge in [-0.2, -0.15) is 0 Å². The highest BCUT2D eigenvalue weighted by Crippen LogP contribution is 2.22. The van der Waals surface area contributed by atoms with Gasteiger partial charge in [0.25, 0.3) is 0 Å². The number of hydrogen-bond donors (Lipinski definition) is 1. The molecule has 88 valence electrons. The van der Waals surface area contributed by atoms with Crippen LogP contribution >= 0.6 is 0 Å². The van der Waals surface area contributed by atoms with E-state index in [0.717, 1.165) is 6.54 Å². The molecule has 0 radical (unpaired) electrons. The van der Waals surface area contributed by atoms with Crippen LogP contribution in [0.2, 0.25) is 0 Å². The first-order valence-corrected chi connectivity index (χ1v) is 6.39. The van der Waals surface area contributed by atoms with Crippen molar-refractivity contribution in [2.45, 2.75) is 32.7 Å². The number of benzene rings is 1. The van der Waals surface area contributed by atoms with Crippen LogP contribution in [-0.2, 0) is 0 Å². The molecule has 0 bridgehead atoms. The maximum atomic E-state index is 3.44. The zero-order chi connectivity index (χ0) is 11.4. The van der Waals surface area contributed by atoms with E-state index in [1.807, 2.05) is 0 Å². The van der Waals surface area contributed by atoms with Crippen molar-refractivity contribution in [3.05, 3.63) is 29.8 Å². The average Bonchev–Trinajstić information content (AvgIpc) is 2.83. The van der Waals surface area contributed by atoms with E-state index >= 15 is 0 Å². The molecule has 2 heteroatoms. The molecule has 16 heavy (non-hydrogen) atoms. The molecule has 0 amide bonds. The number of rotatable bonds is 4. The third-order valence-electron chi connectivity index (χ3n) is 3.37. The Hall–Kier alpha value is -1.02. The quantitative estimate of drug-likeness (QED) is 0.836. The number of nitrogens with zero attached hydrogens (tertiary/aromatic N) is 1. The standard InChI is InChI=1S/C14H22N2/c1-3-15-12(2)13-6-8-14(9-7-13)16-10-4-5-11-16/h6-9,12,15H,3-5,10-11H2,1-2H3. The highest BCUT2D eigenvalue weighted by atomic mass is 15.1. The fourth-order valence-corrected chi connectivity index (χ4v) is 2.37. The van der Waals surface area contributed by atoms with E-state index in [4.69, 9.17) is 0 Å². The zero-order valence-electron chi connectivity index (χ0n) is 10.4. The molecule has 1 fully saturated rings. The van der Waals surface area contributed by atoms with E-state index in [0.29, 0.717) is 6.04 Å². The van der Waals surface area contributed by atoms with Crippen molar-refractivity contribution in [2.75, 3.05) is 24.5 Å². The van der Waals surface area contributed by atoms with Crippen LogP contribution in [0.25, 0.3) is 0 Å². The van der Waals surface area contributed by atoms with Gasteiger partial charge in [-0.3, -0.25) is 0 Å². The first-order chi connectivity index (χ1) is 7.81. The Morgan fingerprint density at radius 3 is 2.38 bits per heavy atom. The fourth-order valence-electron chi connectivity index (χ4n) is 2.37. The van der Waals surface area contributed by atoms with Crippen molar-refractivity contribution in [1.29, 1.82) is 0 Å². The Kier molecular flexibility index (Phi) is 3.83. The smallest absolute Gasteiger partial charge is 0.0366 e. The molecule has 0 aromatic heterocycles. The Bertz CT molecular complexity index is 312. The lowest BCUT2D eigenvalue weighted by atomic mass is 10.1. The van der Waals surface area contributed by atoms with Gasteiger partial charge in [0.05, 0.1) is 0 Å². The normalized spacial score (nSPS) is 17.8. The van der Waals surface area contributed by atoms with Crippen LogP contribution in [0, 0.1) is 0 Å². The Balaban J connectivity index is 2.03. The van der Waals surface area contributed by atoms with Crippen LogP contribution in [0.5, 0.6) is 0 Å². The van der Waals surface area contributed by atoms with Crippen molar-refractivity contribution < 1.29 is 0 Å². The predicted molar refractivity (Wildman–Crippen MR) is 70.0 cm³/mol. The van der Waals surface area contributed by atoms with Gasteiger partial charge >= 0.3 is 0 Å². The second-order valence-corrected chi connectivity index (χ2v) is 4.57. The summed E-state index contributed by atoms with van der Waals surface area (Å²) in [7, 11) is 0. The second-order valence-electron chi connectivity index (χ2n) is 4.57. The molecule has 1 N–H and O–H groups in total. The van der Waals surface area contributed by atoms with Gasteiger partial charge in [0.2, 0.25) is 0 Å². The first kappa shape index (κ1) is 11.5. The summed E-state index contributed by atoms with van der Waals surface area (Å²) in [5.74, 6) is 0. The molecule has 1 aliphatic heterocycles. The van der Waals surface area contributed by atoms with E-state index in [-0.39, 0.29) is 0 Å². The molecule has 1 unspecified atom stereocenters. The minimum absolute atomic E-state index is 0.456. The van der Waals surface area contributed by atoms with Crippen LogP contribution in [0.3, 0.4) is 0 Å². The van der Waals surface area contributed by atoms with E-state index < -0.39 is 0 Å². The molecule has 1 saturated heterocycles. The molecule has 2 rings (SSSR count). The summed E-state index contributed by atoms with van der Waals surface area (Å²) in [6, 6.07) is 9.47. The molecule has 1 aliphatic rings. The van der Waals surface area contributed by atoms with Gasteiger partial charge in [-0.25, -0.2) is 0 Å². The van der Waals surface area contributed by atoms with Gasteiger partial charge in [0, 0.05) is 24.8 Å². The predicted octanol–water partition coefficient (Wildman–Crippen LogP) is 2.96. The van der Waals surface area contributed by atoms with Gasteiger partial charge in [-0.15, -0.1) is 0 Å². The van der Waals surface area contributed by atoms with Gasteiger partial charge < -0.3 is 10.2 Å². The SMILES string of the molecule is CCNC(C)c1ccc(N2CCCC2)cc1. The van der Waals surface area contributed by atoms with Crippen molar-refractivity contribution >= 4 is 5.69 Å². The summed E-state index contributed by atoms with van der Waals surface area (Å²) < 4.78 is 0. The Morgan fingerprint density at radius 1 is 1.19 bits per heavy atom. The zero-order valence-corrected chi connectivity index (χ0v) is 10.4. The molecule has 0 aliphatic carbocycles. The van der Waals surface area contributed by atoms with Crippen LogP contribution in [-0.4, -0.2) is 19.6 Å². The summed E-state index contributed by atoms with van der Waals surface area (Å²) in [5.41, 5.74) is 2.76. The van der Waals surface area contributed by atoms with Gasteiger partial charge in [-0.1, -0.05) is 19.1 Å². The highest BCUT2D eigenvalue weighted by molar-refractivity contribution is 5.48. The third-order valence-corrected chi connectivity index (χ3v) is 3.37. The lowest BCUT2D eigenvalue weighted by Crippen LogP contribution is -2.19. The lowest BCUT2D eigenvalue weighted by Gasteiger charge is -2.19. The largest absolute Gasteiger partial charge is 0.372 e. The highest BCUT2D eigenvalue weighted by Gasteiger charge is 2.12. The van der Waals surface area contributed by atoms with E-state index in [2.05, 4.69) is 48.3 Å². The third kappa shape index (κ3) is 2.56. The summed E-state index contributed by atoms with van der Waals surface area (Å²) in [6.07, 6.45) is 2.69. The second kappa shape index (κ2) is 5.35. The minimum atomic E-state index is 0.456. The van der Waals surface area contributed by atoms with E-state index in [1.54, 1.807) is 0 Å². The number of nitrogens with one attached hydrogen (secondary N) is 1. The van der Waals surface area contributed by atoms with Crippen LogP contribution < -0.4 is 10.2 Å². The molecule has 0 spiro atoms. The van der Waals surface area contributed by atoms with Gasteiger partial charge in [0.1, 0.15) is 0 Å². The van der Waals surface area contributed by atoms with E-state index in [9.17, 15) is 0 Å². The molecule has 1 heterocycles. The molecular weight excluding hydrogens is 196 g/mol.